The quantitative estimate of drug-likeness (QED) is 0.693. The molecular formula is C20H24ClNO4S. The van der Waals surface area contributed by atoms with E-state index in [1.165, 1.54) is 4.31 Å². The zero-order valence-electron chi connectivity index (χ0n) is 15.4. The fourth-order valence-electron chi connectivity index (χ4n) is 3.01. The van der Waals surface area contributed by atoms with E-state index in [-0.39, 0.29) is 5.75 Å². The molecule has 3 rings (SSSR count). The lowest BCUT2D eigenvalue weighted by Crippen LogP contribution is -2.34. The number of hydrogen-bond acceptors (Lipinski definition) is 4. The molecule has 0 unspecified atom stereocenters. The zero-order valence-corrected chi connectivity index (χ0v) is 16.9. The van der Waals surface area contributed by atoms with Gasteiger partial charge in [0.25, 0.3) is 0 Å². The number of ether oxygens (including phenoxy) is 2. The second-order valence-corrected chi connectivity index (χ2v) is 9.08. The van der Waals surface area contributed by atoms with Gasteiger partial charge in [-0.15, -0.1) is 0 Å². The Morgan fingerprint density at radius 1 is 1.11 bits per heavy atom. The van der Waals surface area contributed by atoms with Crippen LogP contribution >= 0.6 is 11.6 Å². The maximum atomic E-state index is 12.4. The smallest absolute Gasteiger partial charge is 0.214 e. The molecule has 5 nitrogen and oxygen atoms in total. The minimum Gasteiger partial charge on any atom is -0.492 e. The van der Waals surface area contributed by atoms with Crippen LogP contribution in [0.15, 0.2) is 42.5 Å². The highest BCUT2D eigenvalue weighted by Crippen LogP contribution is 2.26. The van der Waals surface area contributed by atoms with Gasteiger partial charge in [-0.1, -0.05) is 36.7 Å². The van der Waals surface area contributed by atoms with Crippen molar-refractivity contribution in [3.8, 4) is 5.75 Å². The van der Waals surface area contributed by atoms with Crippen molar-refractivity contribution in [3.05, 3.63) is 64.2 Å². The highest BCUT2D eigenvalue weighted by atomic mass is 35.5. The number of sulfonamides is 1. The summed E-state index contributed by atoms with van der Waals surface area (Å²) in [5.74, 6) is 0.900. The molecule has 0 atom stereocenters. The van der Waals surface area contributed by atoms with Gasteiger partial charge in [0.1, 0.15) is 12.4 Å². The van der Waals surface area contributed by atoms with E-state index in [1.807, 2.05) is 49.4 Å². The predicted octanol–water partition coefficient (Wildman–Crippen LogP) is 3.99. The molecule has 1 aliphatic rings. The molecule has 0 N–H and O–H groups in total. The van der Waals surface area contributed by atoms with Gasteiger partial charge < -0.3 is 9.47 Å². The number of hydrogen-bond donors (Lipinski definition) is 0. The minimum absolute atomic E-state index is 0.159. The summed E-state index contributed by atoms with van der Waals surface area (Å²) in [6.45, 7) is 3.87. The van der Waals surface area contributed by atoms with E-state index in [1.54, 1.807) is 0 Å². The van der Waals surface area contributed by atoms with Crippen LogP contribution in [0.25, 0.3) is 0 Å². The number of halogens is 1. The van der Waals surface area contributed by atoms with Crippen LogP contribution in [0, 0.1) is 0 Å². The molecule has 0 fully saturated rings. The summed E-state index contributed by atoms with van der Waals surface area (Å²) in [6, 6.07) is 13.4. The second-order valence-electron chi connectivity index (χ2n) is 6.56. The highest BCUT2D eigenvalue weighted by molar-refractivity contribution is 7.89. The maximum Gasteiger partial charge on any atom is 0.214 e. The molecule has 0 amide bonds. The van der Waals surface area contributed by atoms with Crippen molar-refractivity contribution < 1.29 is 17.9 Å². The molecule has 0 bridgehead atoms. The topological polar surface area (TPSA) is 55.8 Å². The summed E-state index contributed by atoms with van der Waals surface area (Å²) >= 11 is 5.89. The van der Waals surface area contributed by atoms with Gasteiger partial charge in [-0.2, -0.15) is 4.31 Å². The third-order valence-electron chi connectivity index (χ3n) is 4.38. The fraction of sp³-hybridized carbons (Fsp3) is 0.400. The molecule has 1 aliphatic heterocycles. The SMILES string of the molecule is CCCS(=O)(=O)N1CCOc2ccc(COCc3ccc(Cl)cc3)cc2C1. The Bertz CT molecular complexity index is 868. The molecule has 1 heterocycles. The van der Waals surface area contributed by atoms with Gasteiger partial charge in [-0.25, -0.2) is 8.42 Å². The number of nitrogens with zero attached hydrogens (tertiary/aromatic N) is 1. The third kappa shape index (κ3) is 5.45. The molecule has 0 aliphatic carbocycles. The molecule has 2 aromatic rings. The van der Waals surface area contributed by atoms with Crippen molar-refractivity contribution in [2.45, 2.75) is 33.1 Å². The molecule has 0 radical (unpaired) electrons. The average Bonchev–Trinajstić information content (AvgIpc) is 2.86. The Hall–Kier alpha value is -1.60. The van der Waals surface area contributed by atoms with Crippen molar-refractivity contribution in [3.63, 3.8) is 0 Å². The van der Waals surface area contributed by atoms with Gasteiger partial charge in [0.05, 0.1) is 19.0 Å². The first-order valence-corrected chi connectivity index (χ1v) is 11.0. The van der Waals surface area contributed by atoms with Crippen LogP contribution in [0.2, 0.25) is 5.02 Å². The highest BCUT2D eigenvalue weighted by Gasteiger charge is 2.25. The lowest BCUT2D eigenvalue weighted by Gasteiger charge is -2.19. The summed E-state index contributed by atoms with van der Waals surface area (Å²) in [6.07, 6.45) is 0.602. The number of rotatable bonds is 7. The van der Waals surface area contributed by atoms with Crippen molar-refractivity contribution >= 4 is 21.6 Å². The molecule has 27 heavy (non-hydrogen) atoms. The van der Waals surface area contributed by atoms with Crippen LogP contribution in [0.3, 0.4) is 0 Å². The Balaban J connectivity index is 1.66. The van der Waals surface area contributed by atoms with Gasteiger partial charge in [-0.05, 0) is 41.8 Å². The monoisotopic (exact) mass is 409 g/mol. The summed E-state index contributed by atoms with van der Waals surface area (Å²) in [7, 11) is -3.26. The first-order chi connectivity index (χ1) is 13.0. The molecule has 2 aromatic carbocycles. The van der Waals surface area contributed by atoms with E-state index in [2.05, 4.69) is 0 Å². The Morgan fingerprint density at radius 2 is 1.81 bits per heavy atom. The Kier molecular flexibility index (Phi) is 6.76. The summed E-state index contributed by atoms with van der Waals surface area (Å²) in [5, 5.41) is 0.701. The molecule has 0 spiro atoms. The average molecular weight is 410 g/mol. The van der Waals surface area contributed by atoms with Crippen LogP contribution in [-0.2, 0) is 34.5 Å². The fourth-order valence-corrected chi connectivity index (χ4v) is 4.59. The van der Waals surface area contributed by atoms with Crippen molar-refractivity contribution in [2.75, 3.05) is 18.9 Å². The van der Waals surface area contributed by atoms with Crippen LogP contribution < -0.4 is 4.74 Å². The van der Waals surface area contributed by atoms with Gasteiger partial charge in [0.15, 0.2) is 0 Å². The number of benzene rings is 2. The van der Waals surface area contributed by atoms with E-state index in [0.717, 1.165) is 22.4 Å². The largest absolute Gasteiger partial charge is 0.492 e. The Morgan fingerprint density at radius 3 is 2.56 bits per heavy atom. The van der Waals surface area contributed by atoms with Gasteiger partial charge in [0.2, 0.25) is 10.0 Å². The lowest BCUT2D eigenvalue weighted by atomic mass is 10.1. The molecule has 0 saturated carbocycles. The molecule has 7 heteroatoms. The Labute approximate surface area is 165 Å². The van der Waals surface area contributed by atoms with Gasteiger partial charge in [0, 0.05) is 23.7 Å². The normalized spacial score (nSPS) is 15.0. The molecule has 146 valence electrons. The van der Waals surface area contributed by atoms with E-state index in [4.69, 9.17) is 21.1 Å². The second kappa shape index (κ2) is 9.06. The summed E-state index contributed by atoms with van der Waals surface area (Å²) < 4.78 is 37.9. The van der Waals surface area contributed by atoms with Gasteiger partial charge >= 0.3 is 0 Å². The van der Waals surface area contributed by atoms with E-state index >= 15 is 0 Å². The standard InChI is InChI=1S/C20H24ClNO4S/c1-2-11-27(23,24)22-9-10-26-20-8-5-17(12-18(20)13-22)15-25-14-16-3-6-19(21)7-4-16/h3-8,12H,2,9-11,13-15H2,1H3. The van der Waals surface area contributed by atoms with Crippen LogP contribution in [0.1, 0.15) is 30.0 Å². The van der Waals surface area contributed by atoms with E-state index in [9.17, 15) is 8.42 Å². The molecule has 0 aromatic heterocycles. The summed E-state index contributed by atoms with van der Waals surface area (Å²) in [5.41, 5.74) is 2.91. The molecule has 0 saturated heterocycles. The third-order valence-corrected chi connectivity index (χ3v) is 6.65. The first-order valence-electron chi connectivity index (χ1n) is 9.02. The van der Waals surface area contributed by atoms with Crippen LogP contribution in [0.4, 0.5) is 0 Å². The summed E-state index contributed by atoms with van der Waals surface area (Å²) in [4.78, 5) is 0. The molecular weight excluding hydrogens is 386 g/mol. The van der Waals surface area contributed by atoms with E-state index in [0.29, 0.717) is 44.4 Å². The van der Waals surface area contributed by atoms with Crippen LogP contribution in [-0.4, -0.2) is 31.6 Å². The van der Waals surface area contributed by atoms with Crippen molar-refractivity contribution in [1.82, 2.24) is 4.31 Å². The van der Waals surface area contributed by atoms with E-state index < -0.39 is 10.0 Å². The van der Waals surface area contributed by atoms with Gasteiger partial charge in [-0.3, -0.25) is 0 Å². The number of fused-ring (bicyclic) bond motifs is 1. The zero-order chi connectivity index (χ0) is 19.3. The minimum atomic E-state index is -3.26. The maximum absolute atomic E-state index is 12.4. The first kappa shape index (κ1) is 20.1. The van der Waals surface area contributed by atoms with Crippen molar-refractivity contribution in [2.24, 2.45) is 0 Å². The van der Waals surface area contributed by atoms with Crippen molar-refractivity contribution in [1.29, 1.82) is 0 Å². The lowest BCUT2D eigenvalue weighted by molar-refractivity contribution is 0.107. The van der Waals surface area contributed by atoms with Crippen LogP contribution in [0.5, 0.6) is 5.75 Å². The predicted molar refractivity (Wildman–Crippen MR) is 106 cm³/mol.